The zero-order chi connectivity index (χ0) is 18.8. The molecule has 27 heavy (non-hydrogen) atoms. The van der Waals surface area contributed by atoms with Gasteiger partial charge in [-0.3, -0.25) is 10.1 Å². The van der Waals surface area contributed by atoms with E-state index in [2.05, 4.69) is 15.5 Å². The third-order valence-electron chi connectivity index (χ3n) is 4.05. The highest BCUT2D eigenvalue weighted by Crippen LogP contribution is 2.15. The van der Waals surface area contributed by atoms with E-state index in [1.807, 2.05) is 31.2 Å². The standard InChI is InChI=1S/C20H15N3O4/c1-12-6-8-13(9-7-12)10-17-22-23-20(27-17)21-18(24)15-11-14-4-2-3-5-16(14)26-19(15)25/h2-9,11H,10H2,1H3,(H,21,23,24). The fourth-order valence-corrected chi connectivity index (χ4v) is 2.64. The Morgan fingerprint density at radius 2 is 1.81 bits per heavy atom. The van der Waals surface area contributed by atoms with Crippen molar-refractivity contribution >= 4 is 22.9 Å². The van der Waals surface area contributed by atoms with E-state index in [1.54, 1.807) is 24.3 Å². The lowest BCUT2D eigenvalue weighted by atomic mass is 10.1. The van der Waals surface area contributed by atoms with Gasteiger partial charge in [-0.05, 0) is 24.6 Å². The van der Waals surface area contributed by atoms with E-state index in [1.165, 1.54) is 6.07 Å². The Kier molecular flexibility index (Phi) is 4.25. The van der Waals surface area contributed by atoms with Gasteiger partial charge < -0.3 is 8.83 Å². The summed E-state index contributed by atoms with van der Waals surface area (Å²) in [6.45, 7) is 2.01. The van der Waals surface area contributed by atoms with Crippen molar-refractivity contribution in [3.05, 3.63) is 87.6 Å². The molecule has 0 saturated carbocycles. The number of carbonyl (C=O) groups excluding carboxylic acids is 1. The number of aromatic nitrogens is 2. The second-order valence-corrected chi connectivity index (χ2v) is 6.10. The SMILES string of the molecule is Cc1ccc(Cc2nnc(NC(=O)c3cc4ccccc4oc3=O)o2)cc1. The molecule has 0 radical (unpaired) electrons. The molecule has 4 aromatic rings. The summed E-state index contributed by atoms with van der Waals surface area (Å²) in [5.74, 6) is -0.306. The Labute approximate surface area is 153 Å². The number of nitrogens with one attached hydrogen (secondary N) is 1. The molecule has 2 heterocycles. The van der Waals surface area contributed by atoms with Crippen LogP contribution in [0.2, 0.25) is 0 Å². The van der Waals surface area contributed by atoms with E-state index in [9.17, 15) is 9.59 Å². The topological polar surface area (TPSA) is 98.2 Å². The van der Waals surface area contributed by atoms with Crippen LogP contribution in [0.5, 0.6) is 0 Å². The van der Waals surface area contributed by atoms with E-state index in [0.717, 1.165) is 11.1 Å². The largest absolute Gasteiger partial charge is 0.422 e. The molecule has 1 N–H and O–H groups in total. The van der Waals surface area contributed by atoms with E-state index in [-0.39, 0.29) is 11.6 Å². The highest BCUT2D eigenvalue weighted by atomic mass is 16.4. The lowest BCUT2D eigenvalue weighted by Crippen LogP contribution is -2.20. The average molecular weight is 361 g/mol. The maximum Gasteiger partial charge on any atom is 0.349 e. The Bertz CT molecular complexity index is 1180. The Morgan fingerprint density at radius 1 is 1.04 bits per heavy atom. The van der Waals surface area contributed by atoms with Crippen LogP contribution in [0.1, 0.15) is 27.4 Å². The number of carbonyl (C=O) groups is 1. The Morgan fingerprint density at radius 3 is 2.63 bits per heavy atom. The first kappa shape index (κ1) is 16.7. The molecule has 1 amide bonds. The third-order valence-corrected chi connectivity index (χ3v) is 4.05. The maximum absolute atomic E-state index is 12.4. The second kappa shape index (κ2) is 6.87. The van der Waals surface area contributed by atoms with Gasteiger partial charge in [0, 0.05) is 5.39 Å². The van der Waals surface area contributed by atoms with Gasteiger partial charge in [-0.1, -0.05) is 53.1 Å². The predicted molar refractivity (Wildman–Crippen MR) is 98.7 cm³/mol. The number of fused-ring (bicyclic) bond motifs is 1. The lowest BCUT2D eigenvalue weighted by Gasteiger charge is -2.01. The minimum absolute atomic E-state index is 0.0744. The van der Waals surface area contributed by atoms with Crippen molar-refractivity contribution in [2.75, 3.05) is 5.32 Å². The van der Waals surface area contributed by atoms with Crippen molar-refractivity contribution in [2.45, 2.75) is 13.3 Å². The van der Waals surface area contributed by atoms with Crippen molar-refractivity contribution in [3.8, 4) is 0 Å². The van der Waals surface area contributed by atoms with Crippen LogP contribution in [0.3, 0.4) is 0 Å². The fourth-order valence-electron chi connectivity index (χ4n) is 2.64. The molecule has 2 aromatic carbocycles. The van der Waals surface area contributed by atoms with Gasteiger partial charge in [0.15, 0.2) is 0 Å². The lowest BCUT2D eigenvalue weighted by molar-refractivity contribution is 0.102. The molecule has 0 saturated heterocycles. The molecule has 2 aromatic heterocycles. The quantitative estimate of drug-likeness (QED) is 0.560. The van der Waals surface area contributed by atoms with Crippen LogP contribution in [0.15, 0.2) is 68.2 Å². The molecule has 0 unspecified atom stereocenters. The molecule has 0 fully saturated rings. The van der Waals surface area contributed by atoms with Crippen LogP contribution >= 0.6 is 0 Å². The Hall–Kier alpha value is -3.74. The predicted octanol–water partition coefficient (Wildman–Crippen LogP) is 3.33. The van der Waals surface area contributed by atoms with Crippen molar-refractivity contribution in [3.63, 3.8) is 0 Å². The van der Waals surface area contributed by atoms with Crippen LogP contribution in [-0.2, 0) is 6.42 Å². The van der Waals surface area contributed by atoms with Gasteiger partial charge in [0.25, 0.3) is 5.91 Å². The zero-order valence-corrected chi connectivity index (χ0v) is 14.4. The first-order valence-electron chi connectivity index (χ1n) is 8.31. The van der Waals surface area contributed by atoms with E-state index in [0.29, 0.717) is 23.3 Å². The number of rotatable bonds is 4. The number of anilines is 1. The molecular formula is C20H15N3O4. The molecule has 0 aliphatic carbocycles. The van der Waals surface area contributed by atoms with Crippen LogP contribution in [0, 0.1) is 6.92 Å². The first-order chi connectivity index (χ1) is 13.1. The van der Waals surface area contributed by atoms with E-state index in [4.69, 9.17) is 8.83 Å². The van der Waals surface area contributed by atoms with E-state index >= 15 is 0 Å². The molecule has 7 heteroatoms. The third kappa shape index (κ3) is 3.62. The number of nitrogens with zero attached hydrogens (tertiary/aromatic N) is 2. The molecule has 0 spiro atoms. The molecule has 134 valence electrons. The van der Waals surface area contributed by atoms with Gasteiger partial charge in [-0.25, -0.2) is 4.79 Å². The summed E-state index contributed by atoms with van der Waals surface area (Å²) in [5.41, 5.74) is 1.72. The van der Waals surface area contributed by atoms with Crippen molar-refractivity contribution in [1.29, 1.82) is 0 Å². The van der Waals surface area contributed by atoms with Crippen LogP contribution < -0.4 is 10.9 Å². The van der Waals surface area contributed by atoms with Gasteiger partial charge in [0.2, 0.25) is 5.89 Å². The number of hydrogen-bond donors (Lipinski definition) is 1. The highest BCUT2D eigenvalue weighted by Gasteiger charge is 2.17. The number of para-hydroxylation sites is 1. The van der Waals surface area contributed by atoms with Gasteiger partial charge in [-0.2, -0.15) is 0 Å². The fraction of sp³-hybridized carbons (Fsp3) is 0.100. The van der Waals surface area contributed by atoms with Crippen molar-refractivity contribution in [2.24, 2.45) is 0 Å². The molecule has 0 aliphatic heterocycles. The molecule has 4 rings (SSSR count). The zero-order valence-electron chi connectivity index (χ0n) is 14.4. The highest BCUT2D eigenvalue weighted by molar-refractivity contribution is 6.04. The normalized spacial score (nSPS) is 10.9. The summed E-state index contributed by atoms with van der Waals surface area (Å²) in [6.07, 6.45) is 0.446. The van der Waals surface area contributed by atoms with Gasteiger partial charge in [-0.15, -0.1) is 5.10 Å². The monoisotopic (exact) mass is 361 g/mol. The minimum atomic E-state index is -0.731. The van der Waals surface area contributed by atoms with Crippen LogP contribution in [0.4, 0.5) is 6.01 Å². The average Bonchev–Trinajstić information content (AvgIpc) is 3.09. The van der Waals surface area contributed by atoms with Gasteiger partial charge >= 0.3 is 11.6 Å². The summed E-state index contributed by atoms with van der Waals surface area (Å²) in [6, 6.07) is 16.3. The van der Waals surface area contributed by atoms with Crippen LogP contribution in [-0.4, -0.2) is 16.1 Å². The van der Waals surface area contributed by atoms with E-state index < -0.39 is 11.5 Å². The number of benzene rings is 2. The summed E-state index contributed by atoms with van der Waals surface area (Å²) < 4.78 is 10.6. The van der Waals surface area contributed by atoms with Gasteiger partial charge in [0.1, 0.15) is 11.1 Å². The molecule has 0 bridgehead atoms. The molecular weight excluding hydrogens is 346 g/mol. The summed E-state index contributed by atoms with van der Waals surface area (Å²) >= 11 is 0. The summed E-state index contributed by atoms with van der Waals surface area (Å²) in [4.78, 5) is 24.4. The molecule has 0 aliphatic rings. The van der Waals surface area contributed by atoms with Crippen LogP contribution in [0.25, 0.3) is 11.0 Å². The minimum Gasteiger partial charge on any atom is -0.422 e. The molecule has 7 nitrogen and oxygen atoms in total. The maximum atomic E-state index is 12.4. The number of hydrogen-bond acceptors (Lipinski definition) is 6. The summed E-state index contributed by atoms with van der Waals surface area (Å²) in [5, 5.41) is 10.8. The first-order valence-corrected chi connectivity index (χ1v) is 8.31. The number of amides is 1. The number of aryl methyl sites for hydroxylation is 1. The van der Waals surface area contributed by atoms with Gasteiger partial charge in [0.05, 0.1) is 6.42 Å². The second-order valence-electron chi connectivity index (χ2n) is 6.10. The smallest absolute Gasteiger partial charge is 0.349 e. The van der Waals surface area contributed by atoms with Crippen molar-refractivity contribution in [1.82, 2.24) is 10.2 Å². The molecule has 0 atom stereocenters. The Balaban J connectivity index is 1.52. The summed E-state index contributed by atoms with van der Waals surface area (Å²) in [7, 11) is 0. The van der Waals surface area contributed by atoms with Crippen molar-refractivity contribution < 1.29 is 13.6 Å².